The number of amides is 2. The number of nitrogens with zero attached hydrogens (tertiary/aromatic N) is 1. The van der Waals surface area contributed by atoms with Crippen molar-refractivity contribution in [2.24, 2.45) is 0 Å². The Balaban J connectivity index is 1.96. The maximum absolute atomic E-state index is 13.7. The summed E-state index contributed by atoms with van der Waals surface area (Å²) in [5.41, 5.74) is -0.260. The standard InChI is InChI=1S/C28H29F4N3O4S/c1-27(2,3)34-40(38,39)24-15-13-23(14-16-24)35(26(37)28(30,31)32)18-22(17-19-7-5-4-6-8-19)33-25(36)20-9-11-21(29)12-10-20/h4-16,22,34H,17-18H2,1-3H3,(H,33,36)/t22-/m0/s1. The topological polar surface area (TPSA) is 95.6 Å². The van der Waals surface area contributed by atoms with Gasteiger partial charge in [-0.15, -0.1) is 0 Å². The van der Waals surface area contributed by atoms with Crippen LogP contribution in [0.2, 0.25) is 0 Å². The van der Waals surface area contributed by atoms with Crippen LogP contribution in [0, 0.1) is 5.82 Å². The number of halogens is 4. The molecule has 0 unspecified atom stereocenters. The van der Waals surface area contributed by atoms with Crippen LogP contribution in [0.4, 0.5) is 23.2 Å². The van der Waals surface area contributed by atoms with Crippen LogP contribution in [-0.4, -0.2) is 44.5 Å². The second-order valence-corrected chi connectivity index (χ2v) is 11.8. The molecular weight excluding hydrogens is 550 g/mol. The minimum Gasteiger partial charge on any atom is -0.347 e. The van der Waals surface area contributed by atoms with E-state index in [1.807, 2.05) is 0 Å². The van der Waals surface area contributed by atoms with Crippen molar-refractivity contribution in [1.29, 1.82) is 0 Å². The molecular formula is C28H29F4N3O4S. The third kappa shape index (κ3) is 8.62. The molecule has 7 nitrogen and oxygen atoms in total. The number of hydrogen-bond donors (Lipinski definition) is 2. The molecule has 2 amide bonds. The highest BCUT2D eigenvalue weighted by molar-refractivity contribution is 7.89. The van der Waals surface area contributed by atoms with Crippen LogP contribution < -0.4 is 14.9 Å². The van der Waals surface area contributed by atoms with Gasteiger partial charge in [0, 0.05) is 23.3 Å². The lowest BCUT2D eigenvalue weighted by molar-refractivity contribution is -0.170. The average molecular weight is 580 g/mol. The van der Waals surface area contributed by atoms with E-state index in [0.29, 0.717) is 10.5 Å². The van der Waals surface area contributed by atoms with Gasteiger partial charge in [-0.1, -0.05) is 30.3 Å². The number of sulfonamides is 1. The molecule has 0 heterocycles. The molecule has 0 aliphatic carbocycles. The van der Waals surface area contributed by atoms with E-state index in [1.54, 1.807) is 51.1 Å². The van der Waals surface area contributed by atoms with Gasteiger partial charge >= 0.3 is 12.1 Å². The van der Waals surface area contributed by atoms with Gasteiger partial charge in [0.1, 0.15) is 5.82 Å². The molecule has 0 aliphatic rings. The number of carbonyl (C=O) groups is 2. The molecule has 0 spiro atoms. The van der Waals surface area contributed by atoms with Gasteiger partial charge in [0.15, 0.2) is 0 Å². The summed E-state index contributed by atoms with van der Waals surface area (Å²) >= 11 is 0. The highest BCUT2D eigenvalue weighted by Gasteiger charge is 2.43. The molecule has 0 bridgehead atoms. The summed E-state index contributed by atoms with van der Waals surface area (Å²) in [5, 5.41) is 2.64. The summed E-state index contributed by atoms with van der Waals surface area (Å²) in [4.78, 5) is 25.7. The lowest BCUT2D eigenvalue weighted by atomic mass is 10.0. The number of hydrogen-bond acceptors (Lipinski definition) is 4. The summed E-state index contributed by atoms with van der Waals surface area (Å²) in [5.74, 6) is -3.43. The van der Waals surface area contributed by atoms with E-state index in [1.165, 1.54) is 12.1 Å². The second kappa shape index (κ2) is 12.2. The average Bonchev–Trinajstić information content (AvgIpc) is 2.86. The Kier molecular flexibility index (Phi) is 9.36. The quantitative estimate of drug-likeness (QED) is 0.355. The van der Waals surface area contributed by atoms with Gasteiger partial charge in [0.2, 0.25) is 10.0 Å². The van der Waals surface area contributed by atoms with Gasteiger partial charge in [-0.05, 0) is 81.3 Å². The van der Waals surface area contributed by atoms with Gasteiger partial charge in [-0.25, -0.2) is 17.5 Å². The van der Waals surface area contributed by atoms with E-state index in [0.717, 1.165) is 36.4 Å². The largest absolute Gasteiger partial charge is 0.471 e. The van der Waals surface area contributed by atoms with Crippen molar-refractivity contribution in [3.05, 3.63) is 95.8 Å². The van der Waals surface area contributed by atoms with Crippen molar-refractivity contribution in [3.63, 3.8) is 0 Å². The maximum Gasteiger partial charge on any atom is 0.471 e. The van der Waals surface area contributed by atoms with Crippen molar-refractivity contribution in [1.82, 2.24) is 10.0 Å². The predicted octanol–water partition coefficient (Wildman–Crippen LogP) is 4.84. The Morgan fingerprint density at radius 2 is 1.45 bits per heavy atom. The summed E-state index contributed by atoms with van der Waals surface area (Å²) in [6.45, 7) is 4.31. The minimum atomic E-state index is -5.25. The van der Waals surface area contributed by atoms with Crippen molar-refractivity contribution in [2.45, 2.75) is 49.8 Å². The van der Waals surface area contributed by atoms with Crippen molar-refractivity contribution in [2.75, 3.05) is 11.4 Å². The molecule has 3 rings (SSSR count). The van der Waals surface area contributed by atoms with Crippen molar-refractivity contribution < 1.29 is 35.6 Å². The first-order chi connectivity index (χ1) is 18.5. The summed E-state index contributed by atoms with van der Waals surface area (Å²) in [6, 6.07) is 16.6. The highest BCUT2D eigenvalue weighted by Crippen LogP contribution is 2.26. The van der Waals surface area contributed by atoms with Crippen LogP contribution in [0.3, 0.4) is 0 Å². The molecule has 3 aromatic carbocycles. The Hall–Kier alpha value is -3.77. The third-order valence-corrected chi connectivity index (χ3v) is 7.33. The minimum absolute atomic E-state index is 0.0668. The zero-order valence-electron chi connectivity index (χ0n) is 22.0. The van der Waals surface area contributed by atoms with Crippen LogP contribution in [-0.2, 0) is 21.2 Å². The maximum atomic E-state index is 13.7. The first-order valence-corrected chi connectivity index (χ1v) is 13.7. The fourth-order valence-electron chi connectivity index (χ4n) is 3.88. The molecule has 0 saturated carbocycles. The molecule has 0 fully saturated rings. The molecule has 0 aromatic heterocycles. The Morgan fingerprint density at radius 1 is 0.875 bits per heavy atom. The molecule has 0 radical (unpaired) electrons. The summed E-state index contributed by atoms with van der Waals surface area (Å²) in [6.07, 6.45) is -5.19. The molecule has 12 heteroatoms. The van der Waals surface area contributed by atoms with E-state index in [2.05, 4.69) is 10.0 Å². The molecule has 0 aliphatic heterocycles. The normalized spacial score (nSPS) is 13.0. The highest BCUT2D eigenvalue weighted by atomic mass is 32.2. The monoisotopic (exact) mass is 579 g/mol. The van der Waals surface area contributed by atoms with E-state index < -0.39 is 52.0 Å². The number of anilines is 1. The molecule has 40 heavy (non-hydrogen) atoms. The Bertz CT molecular complexity index is 1420. The SMILES string of the molecule is CC(C)(C)NS(=O)(=O)c1ccc(N(C[C@H](Cc2ccccc2)NC(=O)c2ccc(F)cc2)C(=O)C(F)(F)F)cc1. The van der Waals surface area contributed by atoms with Gasteiger partial charge < -0.3 is 10.2 Å². The Morgan fingerprint density at radius 3 is 1.98 bits per heavy atom. The summed E-state index contributed by atoms with van der Waals surface area (Å²) in [7, 11) is -3.98. The van der Waals surface area contributed by atoms with Gasteiger partial charge in [0.05, 0.1) is 10.9 Å². The van der Waals surface area contributed by atoms with E-state index in [-0.39, 0.29) is 22.6 Å². The molecule has 0 saturated heterocycles. The van der Waals surface area contributed by atoms with E-state index in [4.69, 9.17) is 0 Å². The van der Waals surface area contributed by atoms with Crippen LogP contribution in [0.1, 0.15) is 36.7 Å². The number of alkyl halides is 3. The Labute approximate surface area is 230 Å². The lowest BCUT2D eigenvalue weighted by Gasteiger charge is -2.29. The van der Waals surface area contributed by atoms with Gasteiger partial charge in [-0.2, -0.15) is 13.2 Å². The molecule has 3 aromatic rings. The first kappa shape index (κ1) is 30.8. The number of carbonyl (C=O) groups excluding carboxylic acids is 2. The predicted molar refractivity (Wildman–Crippen MR) is 143 cm³/mol. The van der Waals surface area contributed by atoms with Crippen LogP contribution in [0.5, 0.6) is 0 Å². The zero-order valence-corrected chi connectivity index (χ0v) is 22.8. The third-order valence-electron chi connectivity index (χ3n) is 5.56. The second-order valence-electron chi connectivity index (χ2n) is 10.1. The summed E-state index contributed by atoms with van der Waals surface area (Å²) < 4.78 is 82.0. The molecule has 1 atom stereocenters. The van der Waals surface area contributed by atoms with E-state index in [9.17, 15) is 35.6 Å². The number of rotatable bonds is 9. The van der Waals surface area contributed by atoms with Crippen molar-refractivity contribution >= 4 is 27.5 Å². The van der Waals surface area contributed by atoms with Gasteiger partial charge in [-0.3, -0.25) is 9.59 Å². The zero-order chi connectivity index (χ0) is 29.7. The van der Waals surface area contributed by atoms with Crippen molar-refractivity contribution in [3.8, 4) is 0 Å². The molecule has 2 N–H and O–H groups in total. The van der Waals surface area contributed by atoms with E-state index >= 15 is 0 Å². The molecule has 214 valence electrons. The fourth-order valence-corrected chi connectivity index (χ4v) is 5.29. The lowest BCUT2D eigenvalue weighted by Crippen LogP contribution is -2.50. The fraction of sp³-hybridized carbons (Fsp3) is 0.286. The number of benzene rings is 3. The van der Waals surface area contributed by atoms with Gasteiger partial charge in [0.25, 0.3) is 5.91 Å². The number of nitrogens with one attached hydrogen (secondary N) is 2. The smallest absolute Gasteiger partial charge is 0.347 e. The van der Waals surface area contributed by atoms with Crippen LogP contribution in [0.15, 0.2) is 83.8 Å². The van der Waals surface area contributed by atoms with Crippen LogP contribution >= 0.6 is 0 Å². The first-order valence-electron chi connectivity index (χ1n) is 12.2. The van der Waals surface area contributed by atoms with Crippen LogP contribution in [0.25, 0.3) is 0 Å².